The Balaban J connectivity index is 1.77. The van der Waals surface area contributed by atoms with Gasteiger partial charge in [0.15, 0.2) is 0 Å². The van der Waals surface area contributed by atoms with Gasteiger partial charge in [-0.3, -0.25) is 4.79 Å². The van der Waals surface area contributed by atoms with Crippen LogP contribution in [0.15, 0.2) is 0 Å². The summed E-state index contributed by atoms with van der Waals surface area (Å²) in [5.41, 5.74) is 0. The molecular formula is C10H10F2O8S. The summed E-state index contributed by atoms with van der Waals surface area (Å²) in [5.74, 6) is -3.65. The predicted molar refractivity (Wildman–Crippen MR) is 57.0 cm³/mol. The van der Waals surface area contributed by atoms with Crippen LogP contribution in [0.2, 0.25) is 0 Å². The summed E-state index contributed by atoms with van der Waals surface area (Å²) in [7, 11) is -5.84. The Morgan fingerprint density at radius 2 is 2.05 bits per heavy atom. The van der Waals surface area contributed by atoms with E-state index in [1.54, 1.807) is 0 Å². The topological polar surface area (TPSA) is 116 Å². The maximum atomic E-state index is 13.4. The molecule has 3 aliphatic rings. The van der Waals surface area contributed by atoms with Crippen molar-refractivity contribution in [2.45, 2.75) is 30.3 Å². The number of rotatable bonds is 4. The smallest absolute Gasteiger partial charge is 0.458 e. The third kappa shape index (κ3) is 1.87. The minimum atomic E-state index is -5.84. The largest absolute Gasteiger partial charge is 0.468 e. The normalized spacial score (nSPS) is 37.7. The Morgan fingerprint density at radius 3 is 2.67 bits per heavy atom. The highest BCUT2D eigenvalue weighted by atomic mass is 32.2. The molecule has 0 aromatic carbocycles. The molecule has 1 aliphatic heterocycles. The highest BCUT2D eigenvalue weighted by Crippen LogP contribution is 2.55. The van der Waals surface area contributed by atoms with E-state index >= 15 is 0 Å². The Kier molecular flexibility index (Phi) is 3.01. The lowest BCUT2D eigenvalue weighted by molar-refractivity contribution is -0.182. The Hall–Kier alpha value is -1.33. The van der Waals surface area contributed by atoms with Crippen LogP contribution in [0.4, 0.5) is 8.78 Å². The minimum absolute atomic E-state index is 0.195. The average Bonchev–Trinajstić information content (AvgIpc) is 3.02. The molecule has 3 fully saturated rings. The standard InChI is InChI=1S/C10H10F2O8S/c11-10(12,21(16,17)20-15)9(14)19-6-3-1-4-5(2-3)8(13)18-7(4)6/h3-7,15H,1-2H2. The number of carbonyl (C=O) groups is 2. The van der Waals surface area contributed by atoms with Crippen molar-refractivity contribution < 1.29 is 45.9 Å². The molecule has 2 bridgehead atoms. The number of esters is 2. The van der Waals surface area contributed by atoms with Gasteiger partial charge in [-0.25, -0.2) is 10.1 Å². The molecule has 1 N–H and O–H groups in total. The van der Waals surface area contributed by atoms with Gasteiger partial charge in [0, 0.05) is 11.8 Å². The number of hydrogen-bond donors (Lipinski definition) is 1. The summed E-state index contributed by atoms with van der Waals surface area (Å²) in [4.78, 5) is 22.8. The molecule has 0 spiro atoms. The maximum Gasteiger partial charge on any atom is 0.468 e. The molecule has 3 rings (SSSR count). The van der Waals surface area contributed by atoms with Crippen molar-refractivity contribution in [2.75, 3.05) is 0 Å². The van der Waals surface area contributed by atoms with Gasteiger partial charge in [0.05, 0.1) is 5.92 Å². The summed E-state index contributed by atoms with van der Waals surface area (Å²) in [6, 6.07) is 0. The molecule has 2 saturated carbocycles. The van der Waals surface area contributed by atoms with Gasteiger partial charge >= 0.3 is 27.3 Å². The number of halogens is 2. The first kappa shape index (κ1) is 14.6. The van der Waals surface area contributed by atoms with Gasteiger partial charge in [-0.05, 0) is 12.8 Å². The van der Waals surface area contributed by atoms with E-state index in [1.165, 1.54) is 0 Å². The van der Waals surface area contributed by atoms with E-state index in [9.17, 15) is 26.8 Å². The average molecular weight is 328 g/mol. The zero-order valence-electron chi connectivity index (χ0n) is 10.3. The van der Waals surface area contributed by atoms with E-state index in [1.807, 2.05) is 0 Å². The van der Waals surface area contributed by atoms with E-state index < -0.39 is 39.5 Å². The molecule has 1 heterocycles. The van der Waals surface area contributed by atoms with Gasteiger partial charge in [-0.2, -0.15) is 17.2 Å². The first-order chi connectivity index (χ1) is 9.69. The highest BCUT2D eigenvalue weighted by Gasteiger charge is 2.65. The first-order valence-electron chi connectivity index (χ1n) is 6.06. The van der Waals surface area contributed by atoms with E-state index in [2.05, 4.69) is 9.07 Å². The van der Waals surface area contributed by atoms with E-state index in [0.29, 0.717) is 12.8 Å². The van der Waals surface area contributed by atoms with Gasteiger partial charge in [-0.15, -0.1) is 4.33 Å². The van der Waals surface area contributed by atoms with Gasteiger partial charge in [0.2, 0.25) is 0 Å². The van der Waals surface area contributed by atoms with Crippen molar-refractivity contribution in [1.29, 1.82) is 0 Å². The molecule has 8 nitrogen and oxygen atoms in total. The number of fused-ring (bicyclic) bond motifs is 1. The lowest BCUT2D eigenvalue weighted by Gasteiger charge is -2.26. The van der Waals surface area contributed by atoms with Crippen molar-refractivity contribution in [2.24, 2.45) is 17.8 Å². The fourth-order valence-electron chi connectivity index (χ4n) is 3.41. The van der Waals surface area contributed by atoms with Crippen molar-refractivity contribution in [1.82, 2.24) is 0 Å². The minimum Gasteiger partial charge on any atom is -0.458 e. The predicted octanol–water partition coefficient (Wildman–Crippen LogP) is -0.108. The molecule has 5 atom stereocenters. The van der Waals surface area contributed by atoms with Crippen LogP contribution in [-0.4, -0.2) is 43.1 Å². The summed E-state index contributed by atoms with van der Waals surface area (Å²) in [6.07, 6.45) is -1.08. The number of hydrogen-bond acceptors (Lipinski definition) is 8. The third-order valence-corrected chi connectivity index (χ3v) is 5.30. The van der Waals surface area contributed by atoms with Gasteiger partial charge in [-0.1, -0.05) is 0 Å². The van der Waals surface area contributed by atoms with Crippen molar-refractivity contribution >= 4 is 22.1 Å². The van der Waals surface area contributed by atoms with Crippen molar-refractivity contribution in [3.8, 4) is 0 Å². The summed E-state index contributed by atoms with van der Waals surface area (Å²) in [6.45, 7) is 0. The third-order valence-electron chi connectivity index (χ3n) is 4.31. The lowest BCUT2D eigenvalue weighted by atomic mass is 9.88. The SMILES string of the molecule is O=C1OC2C3CC(CC13)C2OC(=O)C(F)(F)S(=O)(=O)OO. The summed E-state index contributed by atoms with van der Waals surface area (Å²) >= 11 is 0. The Labute approximate surface area is 117 Å². The first-order valence-corrected chi connectivity index (χ1v) is 7.47. The second kappa shape index (κ2) is 4.34. The second-order valence-electron chi connectivity index (χ2n) is 5.32. The van der Waals surface area contributed by atoms with Crippen molar-refractivity contribution in [3.05, 3.63) is 0 Å². The monoisotopic (exact) mass is 328 g/mol. The Morgan fingerprint density at radius 1 is 1.38 bits per heavy atom. The van der Waals surface area contributed by atoms with Crippen molar-refractivity contribution in [3.63, 3.8) is 0 Å². The van der Waals surface area contributed by atoms with Gasteiger partial charge in [0.25, 0.3) is 0 Å². The van der Waals surface area contributed by atoms with E-state index in [4.69, 9.17) is 9.99 Å². The Bertz CT molecular complexity index is 602. The summed E-state index contributed by atoms with van der Waals surface area (Å²) in [5, 5.41) is 2.89. The van der Waals surface area contributed by atoms with Crippen LogP contribution in [-0.2, 0) is 33.5 Å². The van der Waals surface area contributed by atoms with Crippen LogP contribution in [0.3, 0.4) is 0 Å². The fourth-order valence-corrected chi connectivity index (χ4v) is 3.75. The molecule has 0 aromatic heterocycles. The van der Waals surface area contributed by atoms with Crippen LogP contribution < -0.4 is 0 Å². The van der Waals surface area contributed by atoms with Crippen LogP contribution in [0, 0.1) is 17.8 Å². The molecule has 0 amide bonds. The highest BCUT2D eigenvalue weighted by molar-refractivity contribution is 7.88. The lowest BCUT2D eigenvalue weighted by Crippen LogP contribution is -2.45. The van der Waals surface area contributed by atoms with Crippen LogP contribution >= 0.6 is 0 Å². The number of ether oxygens (including phenoxy) is 2. The fraction of sp³-hybridized carbons (Fsp3) is 0.800. The molecule has 0 aromatic rings. The zero-order chi connectivity index (χ0) is 15.6. The van der Waals surface area contributed by atoms with Crippen LogP contribution in [0.1, 0.15) is 12.8 Å². The van der Waals surface area contributed by atoms with Crippen LogP contribution in [0.5, 0.6) is 0 Å². The maximum absolute atomic E-state index is 13.4. The van der Waals surface area contributed by atoms with E-state index in [-0.39, 0.29) is 17.8 Å². The van der Waals surface area contributed by atoms with Gasteiger partial charge < -0.3 is 9.47 Å². The molecule has 0 radical (unpaired) electrons. The molecule has 11 heteroatoms. The zero-order valence-corrected chi connectivity index (χ0v) is 11.1. The quantitative estimate of drug-likeness (QED) is 0.432. The number of alkyl halides is 2. The molecule has 1 saturated heterocycles. The molecule has 118 valence electrons. The summed E-state index contributed by atoms with van der Waals surface area (Å²) < 4.78 is 60.5. The van der Waals surface area contributed by atoms with Crippen LogP contribution in [0.25, 0.3) is 0 Å². The molecular weight excluding hydrogens is 318 g/mol. The number of carbonyl (C=O) groups excluding carboxylic acids is 2. The second-order valence-corrected chi connectivity index (χ2v) is 6.89. The van der Waals surface area contributed by atoms with E-state index in [0.717, 1.165) is 0 Å². The molecule has 21 heavy (non-hydrogen) atoms. The van der Waals surface area contributed by atoms with Gasteiger partial charge in [0.1, 0.15) is 12.2 Å². The molecule has 5 unspecified atom stereocenters. The molecule has 2 aliphatic carbocycles.